The lowest BCUT2D eigenvalue weighted by atomic mass is 9.94. The maximum atomic E-state index is 11.6. The van der Waals surface area contributed by atoms with Crippen molar-refractivity contribution >= 4 is 11.8 Å². The number of benzene rings is 1. The van der Waals surface area contributed by atoms with Crippen LogP contribution in [0, 0.1) is 5.92 Å². The van der Waals surface area contributed by atoms with E-state index in [1.807, 2.05) is 24.3 Å². The molecule has 0 spiro atoms. The van der Waals surface area contributed by atoms with Gasteiger partial charge < -0.3 is 15.3 Å². The van der Waals surface area contributed by atoms with Gasteiger partial charge in [0.1, 0.15) is 18.5 Å². The Morgan fingerprint density at radius 3 is 3.06 bits per heavy atom. The maximum absolute atomic E-state index is 11.6. The Kier molecular flexibility index (Phi) is 6.85. The van der Waals surface area contributed by atoms with Crippen molar-refractivity contribution in [2.75, 3.05) is 31.5 Å². The number of fused-ring (bicyclic) bond motifs is 1. The normalized spacial score (nSPS) is 18.9. The van der Waals surface area contributed by atoms with Crippen molar-refractivity contribution in [2.45, 2.75) is 44.4 Å². The van der Waals surface area contributed by atoms with Crippen molar-refractivity contribution in [2.24, 2.45) is 5.92 Å². The lowest BCUT2D eigenvalue weighted by Gasteiger charge is -2.23. The van der Waals surface area contributed by atoms with Crippen LogP contribution in [0.2, 0.25) is 0 Å². The van der Waals surface area contributed by atoms with Crippen LogP contribution in [0.25, 0.3) is 5.69 Å². The number of aromatic nitrogens is 4. The van der Waals surface area contributed by atoms with E-state index in [0.717, 1.165) is 68.9 Å². The highest BCUT2D eigenvalue weighted by Crippen LogP contribution is 2.28. The number of carboxylic acids is 1. The first-order valence-electron chi connectivity index (χ1n) is 12.3. The summed E-state index contributed by atoms with van der Waals surface area (Å²) in [5, 5.41) is 17.2. The Balaban J connectivity index is 1.19. The Labute approximate surface area is 200 Å². The number of nitrogens with one attached hydrogen (secondary N) is 1. The molecular weight excluding hydrogens is 428 g/mol. The van der Waals surface area contributed by atoms with Crippen molar-refractivity contribution in [3.8, 4) is 5.69 Å². The van der Waals surface area contributed by atoms with Crippen molar-refractivity contribution in [1.29, 1.82) is 0 Å². The molecule has 0 radical (unpaired) electrons. The molecule has 2 aliphatic heterocycles. The van der Waals surface area contributed by atoms with Crippen LogP contribution in [-0.4, -0.2) is 61.9 Å². The van der Waals surface area contributed by atoms with E-state index in [-0.39, 0.29) is 12.3 Å². The van der Waals surface area contributed by atoms with Gasteiger partial charge in [-0.15, -0.1) is 0 Å². The highest BCUT2D eigenvalue weighted by Gasteiger charge is 2.27. The number of hydrogen-bond acceptors (Lipinski definition) is 6. The molecule has 0 aliphatic carbocycles. The van der Waals surface area contributed by atoms with Crippen LogP contribution < -0.4 is 5.32 Å². The summed E-state index contributed by atoms with van der Waals surface area (Å²) in [5.74, 6) is 0.867. The van der Waals surface area contributed by atoms with E-state index in [4.69, 9.17) is 4.98 Å². The van der Waals surface area contributed by atoms with Crippen LogP contribution in [0.3, 0.4) is 0 Å². The lowest BCUT2D eigenvalue weighted by Crippen LogP contribution is -2.28. The summed E-state index contributed by atoms with van der Waals surface area (Å²) in [4.78, 5) is 22.9. The van der Waals surface area contributed by atoms with Crippen LogP contribution in [0.5, 0.6) is 0 Å². The monoisotopic (exact) mass is 460 g/mol. The van der Waals surface area contributed by atoms with Gasteiger partial charge in [0.05, 0.1) is 12.1 Å². The first-order valence-corrected chi connectivity index (χ1v) is 12.3. The Morgan fingerprint density at radius 1 is 1.26 bits per heavy atom. The number of hydrogen-bond donors (Lipinski definition) is 2. The van der Waals surface area contributed by atoms with E-state index in [0.29, 0.717) is 5.92 Å². The van der Waals surface area contributed by atoms with Gasteiger partial charge in [-0.3, -0.25) is 4.79 Å². The fourth-order valence-corrected chi connectivity index (χ4v) is 5.25. The van der Waals surface area contributed by atoms with E-state index < -0.39 is 5.97 Å². The third-order valence-electron chi connectivity index (χ3n) is 7.06. The van der Waals surface area contributed by atoms with Crippen LogP contribution in [0.15, 0.2) is 49.1 Å². The highest BCUT2D eigenvalue weighted by molar-refractivity contribution is 5.68. The van der Waals surface area contributed by atoms with E-state index in [1.165, 1.54) is 24.0 Å². The van der Waals surface area contributed by atoms with Gasteiger partial charge in [0, 0.05) is 31.2 Å². The zero-order valence-electron chi connectivity index (χ0n) is 19.4. The van der Waals surface area contributed by atoms with Gasteiger partial charge in [-0.2, -0.15) is 5.10 Å². The SMILES string of the molecule is O=C(O)CC(CN1CC[C@@H](CCc2ccc3c(n2)NCCC3)C1)c1cccc(-n2cncn2)c1. The van der Waals surface area contributed by atoms with E-state index >= 15 is 0 Å². The van der Waals surface area contributed by atoms with E-state index in [1.54, 1.807) is 11.0 Å². The second-order valence-corrected chi connectivity index (χ2v) is 9.52. The smallest absolute Gasteiger partial charge is 0.304 e. The van der Waals surface area contributed by atoms with Crippen molar-refractivity contribution in [3.05, 3.63) is 65.9 Å². The summed E-state index contributed by atoms with van der Waals surface area (Å²) >= 11 is 0. The molecule has 1 unspecified atom stereocenters. The third kappa shape index (κ3) is 5.44. The molecule has 1 fully saturated rings. The molecule has 2 N–H and O–H groups in total. The second-order valence-electron chi connectivity index (χ2n) is 9.52. The molecule has 2 aromatic heterocycles. The number of carbonyl (C=O) groups is 1. The van der Waals surface area contributed by atoms with Crippen LogP contribution in [-0.2, 0) is 17.6 Å². The van der Waals surface area contributed by atoms with Crippen molar-refractivity contribution in [3.63, 3.8) is 0 Å². The summed E-state index contributed by atoms with van der Waals surface area (Å²) in [7, 11) is 0. The summed E-state index contributed by atoms with van der Waals surface area (Å²) in [5.41, 5.74) is 4.43. The van der Waals surface area contributed by atoms with Crippen LogP contribution in [0.1, 0.15) is 48.4 Å². The summed E-state index contributed by atoms with van der Waals surface area (Å²) in [6.07, 6.45) is 8.84. The minimum absolute atomic E-state index is 0.0619. The van der Waals surface area contributed by atoms with E-state index in [2.05, 4.69) is 32.4 Å². The fourth-order valence-electron chi connectivity index (χ4n) is 5.25. The number of carboxylic acid groups (broad SMARTS) is 1. The molecule has 0 bridgehead atoms. The molecule has 0 saturated carbocycles. The maximum Gasteiger partial charge on any atom is 0.304 e. The third-order valence-corrected chi connectivity index (χ3v) is 7.06. The molecule has 8 nitrogen and oxygen atoms in total. The minimum atomic E-state index is -0.765. The molecule has 34 heavy (non-hydrogen) atoms. The lowest BCUT2D eigenvalue weighted by molar-refractivity contribution is -0.137. The fraction of sp³-hybridized carbons (Fsp3) is 0.462. The summed E-state index contributed by atoms with van der Waals surface area (Å²) in [6, 6.07) is 12.4. The van der Waals surface area contributed by atoms with Gasteiger partial charge >= 0.3 is 5.97 Å². The van der Waals surface area contributed by atoms with Crippen LogP contribution >= 0.6 is 0 Å². The topological polar surface area (TPSA) is 96.2 Å². The predicted molar refractivity (Wildman–Crippen MR) is 130 cm³/mol. The number of nitrogens with zero attached hydrogens (tertiary/aromatic N) is 5. The van der Waals surface area contributed by atoms with Gasteiger partial charge in [0.25, 0.3) is 0 Å². The van der Waals surface area contributed by atoms with Gasteiger partial charge in [0.2, 0.25) is 0 Å². The van der Waals surface area contributed by atoms with Gasteiger partial charge in [-0.05, 0) is 73.9 Å². The Hall–Kier alpha value is -3.26. The van der Waals surface area contributed by atoms with Gasteiger partial charge in [-0.1, -0.05) is 18.2 Å². The molecule has 3 aromatic rings. The molecule has 4 heterocycles. The standard InChI is InChI=1S/C26H32N6O2/c33-25(34)14-22(21-3-1-5-24(13-21)32-18-27-17-29-32)16-31-12-10-19(15-31)6-8-23-9-7-20-4-2-11-28-26(20)30-23/h1,3,5,7,9,13,17-19,22H,2,4,6,8,10-12,14-16H2,(H,28,30)(H,33,34)/t19-,22?/m1/s1. The van der Waals surface area contributed by atoms with E-state index in [9.17, 15) is 9.90 Å². The van der Waals surface area contributed by atoms with Gasteiger partial charge in [-0.25, -0.2) is 14.6 Å². The zero-order valence-corrected chi connectivity index (χ0v) is 19.4. The van der Waals surface area contributed by atoms with Crippen molar-refractivity contribution < 1.29 is 9.90 Å². The number of rotatable bonds is 9. The number of likely N-dealkylation sites (tertiary alicyclic amines) is 1. The average molecular weight is 461 g/mol. The quantitative estimate of drug-likeness (QED) is 0.504. The molecule has 8 heteroatoms. The molecule has 1 aromatic carbocycles. The number of aryl methyl sites for hydroxylation is 2. The predicted octanol–water partition coefficient (Wildman–Crippen LogP) is 3.53. The number of aliphatic carboxylic acids is 1. The number of pyridine rings is 1. The van der Waals surface area contributed by atoms with Crippen molar-refractivity contribution in [1.82, 2.24) is 24.6 Å². The first kappa shape index (κ1) is 22.5. The minimum Gasteiger partial charge on any atom is -0.481 e. The molecule has 178 valence electrons. The highest BCUT2D eigenvalue weighted by atomic mass is 16.4. The largest absolute Gasteiger partial charge is 0.481 e. The second kappa shape index (κ2) is 10.3. The molecule has 5 rings (SSSR count). The van der Waals surface area contributed by atoms with Gasteiger partial charge in [0.15, 0.2) is 0 Å². The summed E-state index contributed by atoms with van der Waals surface area (Å²) in [6.45, 7) is 3.80. The molecule has 2 aliphatic rings. The molecular formula is C26H32N6O2. The first-order chi connectivity index (χ1) is 16.6. The average Bonchev–Trinajstić information content (AvgIpc) is 3.55. The molecule has 0 amide bonds. The molecule has 2 atom stereocenters. The zero-order chi connectivity index (χ0) is 23.3. The molecule has 1 saturated heterocycles. The van der Waals surface area contributed by atoms with Crippen LogP contribution in [0.4, 0.5) is 5.82 Å². The number of anilines is 1. The Morgan fingerprint density at radius 2 is 2.21 bits per heavy atom. The Bertz CT molecular complexity index is 1120. The summed E-state index contributed by atoms with van der Waals surface area (Å²) < 4.78 is 1.71.